The molecule has 1 heterocycles. The summed E-state index contributed by atoms with van der Waals surface area (Å²) < 4.78 is 0. The van der Waals surface area contributed by atoms with Crippen LogP contribution in [0.5, 0.6) is 0 Å². The minimum absolute atomic E-state index is 0.0337. The molecule has 56 valence electrons. The van der Waals surface area contributed by atoms with Crippen molar-refractivity contribution < 1.29 is 9.90 Å². The number of rotatable bonds is 1. The van der Waals surface area contributed by atoms with Crippen LogP contribution >= 0.6 is 0 Å². The summed E-state index contributed by atoms with van der Waals surface area (Å²) in [7, 11) is 1.81. The molecule has 0 aromatic rings. The van der Waals surface area contributed by atoms with Crippen molar-refractivity contribution in [2.75, 3.05) is 20.2 Å². The molecule has 0 unspecified atom stereocenters. The lowest BCUT2D eigenvalue weighted by Gasteiger charge is -2.11. The number of Topliss-reactive ketones (excluding diaryl/α,β-unsaturated/α-hetero) is 1. The van der Waals surface area contributed by atoms with Crippen molar-refractivity contribution in [3.8, 4) is 0 Å². The van der Waals surface area contributed by atoms with Gasteiger partial charge in [-0.3, -0.25) is 4.79 Å². The summed E-state index contributed by atoms with van der Waals surface area (Å²) in [4.78, 5) is 12.7. The average molecular weight is 141 g/mol. The summed E-state index contributed by atoms with van der Waals surface area (Å²) >= 11 is 0. The maximum absolute atomic E-state index is 10.9. The Labute approximate surface area is 59.9 Å². The zero-order chi connectivity index (χ0) is 7.72. The number of carbonyl (C=O) groups excluding carboxylic acids is 1. The highest BCUT2D eigenvalue weighted by molar-refractivity contribution is 5.99. The van der Waals surface area contributed by atoms with Gasteiger partial charge in [-0.1, -0.05) is 0 Å². The van der Waals surface area contributed by atoms with E-state index in [0.717, 1.165) is 5.70 Å². The molecule has 1 N–H and O–H groups in total. The van der Waals surface area contributed by atoms with Crippen molar-refractivity contribution in [1.82, 2.24) is 4.90 Å². The number of ketones is 1. The van der Waals surface area contributed by atoms with Crippen LogP contribution in [0.4, 0.5) is 0 Å². The molecule has 0 aromatic heterocycles. The van der Waals surface area contributed by atoms with Gasteiger partial charge in [0.2, 0.25) is 0 Å². The largest absolute Gasteiger partial charge is 0.390 e. The van der Waals surface area contributed by atoms with Gasteiger partial charge in [0.1, 0.15) is 0 Å². The number of aliphatic hydroxyl groups is 1. The van der Waals surface area contributed by atoms with E-state index in [0.29, 0.717) is 12.1 Å². The number of nitrogens with zero attached hydrogens (tertiary/aromatic N) is 1. The average Bonchev–Trinajstić information content (AvgIpc) is 2.09. The molecule has 0 saturated carbocycles. The lowest BCUT2D eigenvalue weighted by atomic mass is 10.2. The van der Waals surface area contributed by atoms with Gasteiger partial charge >= 0.3 is 0 Å². The van der Waals surface area contributed by atoms with Gasteiger partial charge in [-0.15, -0.1) is 0 Å². The van der Waals surface area contributed by atoms with Crippen LogP contribution in [0.3, 0.4) is 0 Å². The Kier molecular flexibility index (Phi) is 1.76. The number of likely N-dealkylation sites (N-methyl/N-ethyl adjacent to an activating group) is 1. The van der Waals surface area contributed by atoms with Crippen LogP contribution in [-0.4, -0.2) is 36.0 Å². The van der Waals surface area contributed by atoms with Crippen LogP contribution in [0, 0.1) is 0 Å². The standard InChI is InChI=1S/C7H11NO2/c1-5-6(4-9)8(2)3-7(5)10/h9H,3-4H2,1-2H3. The molecule has 1 aliphatic heterocycles. The van der Waals surface area contributed by atoms with E-state index in [-0.39, 0.29) is 12.4 Å². The lowest BCUT2D eigenvalue weighted by Crippen LogP contribution is -2.17. The fourth-order valence-corrected chi connectivity index (χ4v) is 1.12. The predicted octanol–water partition coefficient (Wildman–Crippen LogP) is -0.233. The zero-order valence-corrected chi connectivity index (χ0v) is 6.22. The summed E-state index contributed by atoms with van der Waals surface area (Å²) in [5, 5.41) is 8.77. The van der Waals surface area contributed by atoms with Gasteiger partial charge in [-0.25, -0.2) is 0 Å². The quantitative estimate of drug-likeness (QED) is 0.548. The smallest absolute Gasteiger partial charge is 0.179 e. The van der Waals surface area contributed by atoms with Crippen LogP contribution in [0.25, 0.3) is 0 Å². The van der Waals surface area contributed by atoms with Crippen molar-refractivity contribution >= 4 is 5.78 Å². The third-order valence-corrected chi connectivity index (χ3v) is 1.84. The van der Waals surface area contributed by atoms with Crippen LogP contribution < -0.4 is 0 Å². The predicted molar refractivity (Wildman–Crippen MR) is 37.4 cm³/mol. The maximum Gasteiger partial charge on any atom is 0.179 e. The minimum atomic E-state index is -0.0337. The first kappa shape index (κ1) is 7.28. The van der Waals surface area contributed by atoms with Crippen LogP contribution in [0.15, 0.2) is 11.3 Å². The van der Waals surface area contributed by atoms with Gasteiger partial charge in [-0.05, 0) is 6.92 Å². The molecule has 1 rings (SSSR count). The normalized spacial score (nSPS) is 19.1. The molecular formula is C7H11NO2. The van der Waals surface area contributed by atoms with Gasteiger partial charge in [0.15, 0.2) is 5.78 Å². The fraction of sp³-hybridized carbons (Fsp3) is 0.571. The molecule has 0 atom stereocenters. The minimum Gasteiger partial charge on any atom is -0.390 e. The van der Waals surface area contributed by atoms with Crippen molar-refractivity contribution in [2.45, 2.75) is 6.92 Å². The van der Waals surface area contributed by atoms with E-state index in [1.165, 1.54) is 0 Å². The number of aliphatic hydroxyl groups excluding tert-OH is 1. The number of carbonyl (C=O) groups is 1. The van der Waals surface area contributed by atoms with Gasteiger partial charge < -0.3 is 10.0 Å². The Hall–Kier alpha value is -0.830. The lowest BCUT2D eigenvalue weighted by molar-refractivity contribution is -0.114. The summed E-state index contributed by atoms with van der Waals surface area (Å²) in [6, 6.07) is 0. The molecule has 0 spiro atoms. The van der Waals surface area contributed by atoms with Crippen molar-refractivity contribution in [3.63, 3.8) is 0 Å². The third-order valence-electron chi connectivity index (χ3n) is 1.84. The SMILES string of the molecule is CC1=C(CO)N(C)CC1=O. The van der Waals surface area contributed by atoms with E-state index in [1.54, 1.807) is 18.9 Å². The molecular weight excluding hydrogens is 130 g/mol. The highest BCUT2D eigenvalue weighted by Crippen LogP contribution is 2.16. The molecule has 0 aromatic carbocycles. The Bertz CT molecular complexity index is 196. The second-order valence-corrected chi connectivity index (χ2v) is 2.51. The van der Waals surface area contributed by atoms with Gasteiger partial charge in [0.25, 0.3) is 0 Å². The molecule has 0 fully saturated rings. The summed E-state index contributed by atoms with van der Waals surface area (Å²) in [6.45, 7) is 2.13. The Balaban J connectivity index is 2.90. The number of hydrogen-bond acceptors (Lipinski definition) is 3. The van der Waals surface area contributed by atoms with E-state index >= 15 is 0 Å². The first-order valence-corrected chi connectivity index (χ1v) is 3.21. The topological polar surface area (TPSA) is 40.5 Å². The van der Waals surface area contributed by atoms with E-state index in [1.807, 2.05) is 0 Å². The summed E-state index contributed by atoms with van der Waals surface area (Å²) in [5.41, 5.74) is 1.45. The van der Waals surface area contributed by atoms with Crippen LogP contribution in [-0.2, 0) is 4.79 Å². The Morgan fingerprint density at radius 3 is 2.50 bits per heavy atom. The fourth-order valence-electron chi connectivity index (χ4n) is 1.12. The molecule has 1 aliphatic rings. The molecule has 0 saturated heterocycles. The van der Waals surface area contributed by atoms with E-state index < -0.39 is 0 Å². The third kappa shape index (κ3) is 0.926. The highest BCUT2D eigenvalue weighted by atomic mass is 16.3. The van der Waals surface area contributed by atoms with Crippen LogP contribution in [0.2, 0.25) is 0 Å². The van der Waals surface area contributed by atoms with Crippen molar-refractivity contribution in [3.05, 3.63) is 11.3 Å². The molecule has 3 nitrogen and oxygen atoms in total. The molecule has 0 bridgehead atoms. The number of hydrogen-bond donors (Lipinski definition) is 1. The molecule has 3 heteroatoms. The Morgan fingerprint density at radius 2 is 2.30 bits per heavy atom. The van der Waals surface area contributed by atoms with Gasteiger partial charge in [-0.2, -0.15) is 0 Å². The monoisotopic (exact) mass is 141 g/mol. The van der Waals surface area contributed by atoms with E-state index in [2.05, 4.69) is 0 Å². The Morgan fingerprint density at radius 1 is 1.70 bits per heavy atom. The van der Waals surface area contributed by atoms with Crippen molar-refractivity contribution in [2.24, 2.45) is 0 Å². The summed E-state index contributed by atoms with van der Waals surface area (Å²) in [5.74, 6) is 0.117. The maximum atomic E-state index is 10.9. The van der Waals surface area contributed by atoms with E-state index in [9.17, 15) is 4.79 Å². The zero-order valence-electron chi connectivity index (χ0n) is 6.22. The second kappa shape index (κ2) is 2.42. The first-order chi connectivity index (χ1) is 4.66. The van der Waals surface area contributed by atoms with Gasteiger partial charge in [0.05, 0.1) is 13.2 Å². The van der Waals surface area contributed by atoms with Crippen molar-refractivity contribution in [1.29, 1.82) is 0 Å². The first-order valence-electron chi connectivity index (χ1n) is 3.21. The summed E-state index contributed by atoms with van der Waals surface area (Å²) in [6.07, 6.45) is 0. The molecule has 0 aliphatic carbocycles. The second-order valence-electron chi connectivity index (χ2n) is 2.51. The molecule has 10 heavy (non-hydrogen) atoms. The van der Waals surface area contributed by atoms with Gasteiger partial charge in [0, 0.05) is 18.3 Å². The molecule has 0 radical (unpaired) electrons. The van der Waals surface area contributed by atoms with Crippen LogP contribution in [0.1, 0.15) is 6.92 Å². The molecule has 0 amide bonds. The highest BCUT2D eigenvalue weighted by Gasteiger charge is 2.22. The van der Waals surface area contributed by atoms with E-state index in [4.69, 9.17) is 5.11 Å².